The Morgan fingerprint density at radius 2 is 1.57 bits per heavy atom. The van der Waals surface area contributed by atoms with Crippen molar-refractivity contribution in [2.45, 2.75) is 39.8 Å². The largest absolute Gasteiger partial charge is 0.354 e. The summed E-state index contributed by atoms with van der Waals surface area (Å²) in [6, 6.07) is 28.3. The van der Waals surface area contributed by atoms with E-state index in [1.165, 1.54) is 0 Å². The van der Waals surface area contributed by atoms with E-state index in [1.807, 2.05) is 106 Å². The van der Waals surface area contributed by atoms with Gasteiger partial charge < -0.3 is 10.2 Å². The number of nitrogens with one attached hydrogen (secondary N) is 1. The Morgan fingerprint density at radius 1 is 0.875 bits per heavy atom. The third-order valence-corrected chi connectivity index (χ3v) is 7.50. The second kappa shape index (κ2) is 11.7. The maximum atomic E-state index is 14.3. The van der Waals surface area contributed by atoms with Crippen LogP contribution in [0.15, 0.2) is 91.0 Å². The summed E-state index contributed by atoms with van der Waals surface area (Å²) in [5.41, 5.74) is 4.29. The molecule has 3 amide bonds. The summed E-state index contributed by atoms with van der Waals surface area (Å²) in [5, 5.41) is 4.89. The fraction of sp³-hybridized carbons (Fsp3) is 0.265. The van der Waals surface area contributed by atoms with Gasteiger partial charge in [0.25, 0.3) is 5.91 Å². The molecular formula is C34H35N3O3. The lowest BCUT2D eigenvalue weighted by molar-refractivity contribution is -0.140. The van der Waals surface area contributed by atoms with Crippen LogP contribution >= 0.6 is 0 Å². The maximum Gasteiger partial charge on any atom is 0.259 e. The van der Waals surface area contributed by atoms with Gasteiger partial charge in [0, 0.05) is 30.5 Å². The number of rotatable bonds is 10. The van der Waals surface area contributed by atoms with Gasteiger partial charge in [-0.2, -0.15) is 0 Å². The van der Waals surface area contributed by atoms with Gasteiger partial charge in [0.05, 0.1) is 5.69 Å². The lowest BCUT2D eigenvalue weighted by atomic mass is 10.0. The van der Waals surface area contributed by atoms with Gasteiger partial charge in [0.2, 0.25) is 11.8 Å². The molecule has 5 rings (SSSR count). The highest BCUT2D eigenvalue weighted by Crippen LogP contribution is 2.37. The number of amides is 3. The molecule has 0 radical (unpaired) electrons. The predicted octanol–water partition coefficient (Wildman–Crippen LogP) is 5.52. The summed E-state index contributed by atoms with van der Waals surface area (Å²) in [4.78, 5) is 44.7. The van der Waals surface area contributed by atoms with Crippen molar-refractivity contribution in [3.05, 3.63) is 113 Å². The van der Waals surface area contributed by atoms with Crippen LogP contribution in [0.4, 0.5) is 5.69 Å². The Kier molecular flexibility index (Phi) is 7.96. The lowest BCUT2D eigenvalue weighted by Crippen LogP contribution is -2.53. The normalized spacial score (nSPS) is 13.1. The average molecular weight is 534 g/mol. The fourth-order valence-corrected chi connectivity index (χ4v) is 5.31. The van der Waals surface area contributed by atoms with E-state index in [1.54, 1.807) is 15.9 Å². The van der Waals surface area contributed by atoms with Gasteiger partial charge >= 0.3 is 0 Å². The molecule has 6 nitrogen and oxygen atoms in total. The second-order valence-corrected chi connectivity index (χ2v) is 10.9. The first-order chi connectivity index (χ1) is 19.3. The van der Waals surface area contributed by atoms with Crippen molar-refractivity contribution in [1.82, 2.24) is 10.2 Å². The zero-order valence-corrected chi connectivity index (χ0v) is 23.3. The molecule has 0 fully saturated rings. The number of carbonyl (C=O) groups excluding carboxylic acids is 3. The molecule has 1 aliphatic rings. The molecule has 4 aromatic carbocycles. The predicted molar refractivity (Wildman–Crippen MR) is 159 cm³/mol. The van der Waals surface area contributed by atoms with Crippen LogP contribution in [0.3, 0.4) is 0 Å². The lowest BCUT2D eigenvalue weighted by Gasteiger charge is -2.33. The molecule has 1 N–H and O–H groups in total. The first-order valence-corrected chi connectivity index (χ1v) is 13.8. The molecule has 4 aromatic rings. The fourth-order valence-electron chi connectivity index (χ4n) is 5.31. The van der Waals surface area contributed by atoms with Crippen LogP contribution in [-0.4, -0.2) is 41.8 Å². The number of nitrogens with zero attached hydrogens (tertiary/aromatic N) is 2. The minimum atomic E-state index is -0.746. The van der Waals surface area contributed by atoms with Crippen LogP contribution in [-0.2, 0) is 22.6 Å². The third-order valence-electron chi connectivity index (χ3n) is 7.50. The third kappa shape index (κ3) is 5.62. The summed E-state index contributed by atoms with van der Waals surface area (Å²) in [6.45, 7) is 6.71. The number of benzene rings is 4. The van der Waals surface area contributed by atoms with E-state index in [0.717, 1.165) is 33.2 Å². The molecule has 0 aliphatic carbocycles. The van der Waals surface area contributed by atoms with Crippen LogP contribution in [0.2, 0.25) is 0 Å². The summed E-state index contributed by atoms with van der Waals surface area (Å²) in [5.74, 6) is -0.400. The maximum absolute atomic E-state index is 14.3. The Labute approximate surface area is 235 Å². The van der Waals surface area contributed by atoms with Crippen molar-refractivity contribution in [2.75, 3.05) is 18.0 Å². The highest BCUT2D eigenvalue weighted by molar-refractivity contribution is 6.26. The van der Waals surface area contributed by atoms with Crippen LogP contribution in [0.1, 0.15) is 40.9 Å². The minimum absolute atomic E-state index is 0.152. The van der Waals surface area contributed by atoms with E-state index in [0.29, 0.717) is 18.5 Å². The monoisotopic (exact) mass is 533 g/mol. The summed E-state index contributed by atoms with van der Waals surface area (Å²) in [6.07, 6.45) is 0.367. The van der Waals surface area contributed by atoms with Crippen molar-refractivity contribution < 1.29 is 14.4 Å². The van der Waals surface area contributed by atoms with E-state index >= 15 is 0 Å². The topological polar surface area (TPSA) is 69.7 Å². The SMILES string of the molecule is Cc1ccccc1CN(C(=O)CN1C(=O)c2cccc3cccc1c23)C(Cc1ccccc1)C(=O)NCC(C)C. The molecule has 1 unspecified atom stereocenters. The molecule has 0 spiro atoms. The summed E-state index contributed by atoms with van der Waals surface area (Å²) in [7, 11) is 0. The molecule has 6 heteroatoms. The molecule has 204 valence electrons. The molecule has 40 heavy (non-hydrogen) atoms. The zero-order valence-electron chi connectivity index (χ0n) is 23.3. The Balaban J connectivity index is 1.51. The Bertz CT molecular complexity index is 1540. The smallest absolute Gasteiger partial charge is 0.259 e. The van der Waals surface area contributed by atoms with Gasteiger partial charge in [0.15, 0.2) is 0 Å². The van der Waals surface area contributed by atoms with Gasteiger partial charge in [0.1, 0.15) is 12.6 Å². The second-order valence-electron chi connectivity index (χ2n) is 10.9. The first-order valence-electron chi connectivity index (χ1n) is 13.8. The highest BCUT2D eigenvalue weighted by Gasteiger charge is 2.36. The molecule has 1 atom stereocenters. The number of anilines is 1. The van der Waals surface area contributed by atoms with Crippen molar-refractivity contribution in [2.24, 2.45) is 5.92 Å². The first kappa shape index (κ1) is 27.1. The molecule has 1 heterocycles. The van der Waals surface area contributed by atoms with E-state index in [9.17, 15) is 14.4 Å². The molecule has 0 bridgehead atoms. The van der Waals surface area contributed by atoms with E-state index in [4.69, 9.17) is 0 Å². The van der Waals surface area contributed by atoms with Crippen molar-refractivity contribution in [1.29, 1.82) is 0 Å². The standard InChI is InChI=1S/C34H35N3O3/c1-23(2)20-35-33(39)30(19-25-12-5-4-6-13-25)36(21-27-14-8-7-11-24(27)3)31(38)22-37-29-18-10-16-26-15-9-17-28(32(26)29)34(37)40/h4-18,23,30H,19-22H2,1-3H3,(H,35,39). The zero-order chi connectivity index (χ0) is 28.2. The van der Waals surface area contributed by atoms with Gasteiger partial charge in [-0.05, 0) is 47.1 Å². The van der Waals surface area contributed by atoms with Gasteiger partial charge in [-0.1, -0.05) is 92.7 Å². The number of hydrogen-bond acceptors (Lipinski definition) is 3. The van der Waals surface area contributed by atoms with Crippen LogP contribution in [0.25, 0.3) is 10.8 Å². The number of aryl methyl sites for hydroxylation is 1. The van der Waals surface area contributed by atoms with Crippen molar-refractivity contribution >= 4 is 34.2 Å². The minimum Gasteiger partial charge on any atom is -0.354 e. The van der Waals surface area contributed by atoms with Gasteiger partial charge in [-0.15, -0.1) is 0 Å². The number of hydrogen-bond donors (Lipinski definition) is 1. The molecule has 0 aromatic heterocycles. The number of carbonyl (C=O) groups is 3. The summed E-state index contributed by atoms with van der Waals surface area (Å²) >= 11 is 0. The molecule has 1 aliphatic heterocycles. The molecule has 0 saturated heterocycles. The highest BCUT2D eigenvalue weighted by atomic mass is 16.2. The van der Waals surface area contributed by atoms with Gasteiger partial charge in [-0.3, -0.25) is 19.3 Å². The van der Waals surface area contributed by atoms with Crippen LogP contribution in [0, 0.1) is 12.8 Å². The molecular weight excluding hydrogens is 498 g/mol. The van der Waals surface area contributed by atoms with Crippen molar-refractivity contribution in [3.63, 3.8) is 0 Å². The van der Waals surface area contributed by atoms with E-state index in [2.05, 4.69) is 5.32 Å². The van der Waals surface area contributed by atoms with E-state index in [-0.39, 0.29) is 36.7 Å². The van der Waals surface area contributed by atoms with E-state index < -0.39 is 6.04 Å². The average Bonchev–Trinajstić information content (AvgIpc) is 3.23. The van der Waals surface area contributed by atoms with Crippen LogP contribution < -0.4 is 10.2 Å². The summed E-state index contributed by atoms with van der Waals surface area (Å²) < 4.78 is 0. The van der Waals surface area contributed by atoms with Crippen LogP contribution in [0.5, 0.6) is 0 Å². The molecule has 0 saturated carbocycles. The quantitative estimate of drug-likeness (QED) is 0.292. The van der Waals surface area contributed by atoms with Gasteiger partial charge in [-0.25, -0.2) is 0 Å². The van der Waals surface area contributed by atoms with Crippen molar-refractivity contribution in [3.8, 4) is 0 Å². The Hall–Kier alpha value is -4.45. The Morgan fingerprint density at radius 3 is 2.30 bits per heavy atom.